The van der Waals surface area contributed by atoms with Crippen molar-refractivity contribution in [2.45, 2.75) is 50.7 Å². The van der Waals surface area contributed by atoms with E-state index in [2.05, 4.69) is 24.3 Å². The van der Waals surface area contributed by atoms with Crippen LogP contribution in [0.1, 0.15) is 38.5 Å². The molecule has 3 nitrogen and oxygen atoms in total. The molecule has 1 saturated heterocycles. The van der Waals surface area contributed by atoms with Crippen molar-refractivity contribution in [3.8, 4) is 0 Å². The summed E-state index contributed by atoms with van der Waals surface area (Å²) in [5.74, 6) is 1.63. The molecule has 2 rings (SSSR count). The molecule has 0 radical (unpaired) electrons. The molecule has 1 aliphatic carbocycles. The van der Waals surface area contributed by atoms with Gasteiger partial charge in [-0.05, 0) is 77.5 Å². The smallest absolute Gasteiger partial charge is 0.0540 e. The van der Waals surface area contributed by atoms with E-state index in [1.807, 2.05) is 0 Å². The van der Waals surface area contributed by atoms with E-state index in [4.69, 9.17) is 0 Å². The Morgan fingerprint density at radius 2 is 1.53 bits per heavy atom. The summed E-state index contributed by atoms with van der Waals surface area (Å²) in [6.07, 6.45) is 7.08. The quantitative estimate of drug-likeness (QED) is 0.784. The minimum atomic E-state index is -0.0266. The first-order valence-corrected chi connectivity index (χ1v) is 7.24. The molecular weight excluding hydrogens is 212 g/mol. The Morgan fingerprint density at radius 3 is 2.06 bits per heavy atom. The zero-order valence-corrected chi connectivity index (χ0v) is 11.4. The minimum Gasteiger partial charge on any atom is -0.393 e. The zero-order valence-electron chi connectivity index (χ0n) is 11.4. The fraction of sp³-hybridized carbons (Fsp3) is 1.00. The van der Waals surface area contributed by atoms with Crippen LogP contribution in [0.3, 0.4) is 0 Å². The summed E-state index contributed by atoms with van der Waals surface area (Å²) in [7, 11) is 4.34. The Bertz CT molecular complexity index is 196. The molecule has 2 N–H and O–H groups in total. The number of hydrogen-bond donors (Lipinski definition) is 2. The lowest BCUT2D eigenvalue weighted by Crippen LogP contribution is -2.46. The number of nitrogens with zero attached hydrogens (tertiary/aromatic N) is 1. The molecule has 3 heteroatoms. The van der Waals surface area contributed by atoms with E-state index in [0.29, 0.717) is 6.04 Å². The summed E-state index contributed by atoms with van der Waals surface area (Å²) >= 11 is 0. The molecule has 0 aromatic rings. The van der Waals surface area contributed by atoms with Gasteiger partial charge in [-0.15, -0.1) is 0 Å². The minimum absolute atomic E-state index is 0.0266. The summed E-state index contributed by atoms with van der Waals surface area (Å²) in [6.45, 7) is 2.50. The lowest BCUT2D eigenvalue weighted by Gasteiger charge is -2.40. The van der Waals surface area contributed by atoms with Crippen molar-refractivity contribution in [1.29, 1.82) is 0 Å². The molecule has 100 valence electrons. The van der Waals surface area contributed by atoms with Gasteiger partial charge < -0.3 is 15.3 Å². The Balaban J connectivity index is 1.87. The third-order valence-electron chi connectivity index (χ3n) is 4.85. The Hall–Kier alpha value is -0.120. The standard InChI is InChI=1S/C14H28N2O/c1-15-14(11-3-5-13(17)6-4-11)12-7-9-16(2)10-8-12/h11-15,17H,3-10H2,1-2H3. The van der Waals surface area contributed by atoms with Crippen LogP contribution in [0.4, 0.5) is 0 Å². The van der Waals surface area contributed by atoms with Crippen molar-refractivity contribution in [3.05, 3.63) is 0 Å². The summed E-state index contributed by atoms with van der Waals surface area (Å²) in [4.78, 5) is 2.44. The number of rotatable bonds is 3. The van der Waals surface area contributed by atoms with Gasteiger partial charge in [0, 0.05) is 6.04 Å². The molecule has 0 aromatic carbocycles. The van der Waals surface area contributed by atoms with Gasteiger partial charge >= 0.3 is 0 Å². The third-order valence-corrected chi connectivity index (χ3v) is 4.85. The van der Waals surface area contributed by atoms with Gasteiger partial charge in [0.1, 0.15) is 0 Å². The van der Waals surface area contributed by atoms with Gasteiger partial charge in [-0.3, -0.25) is 0 Å². The first-order valence-electron chi connectivity index (χ1n) is 7.24. The van der Waals surface area contributed by atoms with Gasteiger partial charge in [0.05, 0.1) is 6.10 Å². The number of likely N-dealkylation sites (tertiary alicyclic amines) is 1. The van der Waals surface area contributed by atoms with Crippen LogP contribution in [0.2, 0.25) is 0 Å². The van der Waals surface area contributed by atoms with E-state index in [9.17, 15) is 5.11 Å². The number of aliphatic hydroxyl groups excluding tert-OH is 1. The normalized spacial score (nSPS) is 34.8. The van der Waals surface area contributed by atoms with Crippen LogP contribution < -0.4 is 5.32 Å². The lowest BCUT2D eigenvalue weighted by atomic mass is 9.75. The van der Waals surface area contributed by atoms with Gasteiger partial charge in [-0.25, -0.2) is 0 Å². The molecule has 0 spiro atoms. The average Bonchev–Trinajstić information content (AvgIpc) is 2.35. The highest BCUT2D eigenvalue weighted by molar-refractivity contribution is 4.88. The van der Waals surface area contributed by atoms with Crippen LogP contribution in [0.25, 0.3) is 0 Å². The Labute approximate surface area is 106 Å². The van der Waals surface area contributed by atoms with Crippen molar-refractivity contribution >= 4 is 0 Å². The van der Waals surface area contributed by atoms with Gasteiger partial charge in [0.15, 0.2) is 0 Å². The predicted octanol–water partition coefficient (Wildman–Crippen LogP) is 1.47. The van der Waals surface area contributed by atoms with Gasteiger partial charge in [-0.1, -0.05) is 0 Å². The maximum Gasteiger partial charge on any atom is 0.0540 e. The van der Waals surface area contributed by atoms with Crippen LogP contribution in [0.15, 0.2) is 0 Å². The average molecular weight is 240 g/mol. The highest BCUT2D eigenvalue weighted by atomic mass is 16.3. The van der Waals surface area contributed by atoms with Crippen LogP contribution in [-0.4, -0.2) is 49.3 Å². The fourth-order valence-electron chi connectivity index (χ4n) is 3.70. The molecule has 0 aromatic heterocycles. The molecule has 2 aliphatic rings. The Morgan fingerprint density at radius 1 is 1.00 bits per heavy atom. The molecule has 1 saturated carbocycles. The van der Waals surface area contributed by atoms with Gasteiger partial charge in [0.2, 0.25) is 0 Å². The molecule has 1 heterocycles. The molecule has 0 amide bonds. The van der Waals surface area contributed by atoms with E-state index >= 15 is 0 Å². The molecule has 1 aliphatic heterocycles. The molecule has 0 bridgehead atoms. The van der Waals surface area contributed by atoms with Crippen LogP contribution in [0.5, 0.6) is 0 Å². The van der Waals surface area contributed by atoms with Crippen LogP contribution in [-0.2, 0) is 0 Å². The second-order valence-electron chi connectivity index (χ2n) is 6.02. The third kappa shape index (κ3) is 3.43. The first-order chi connectivity index (χ1) is 8.20. The first kappa shape index (κ1) is 13.3. The monoisotopic (exact) mass is 240 g/mol. The zero-order chi connectivity index (χ0) is 12.3. The summed E-state index contributed by atoms with van der Waals surface area (Å²) in [6, 6.07) is 0.677. The van der Waals surface area contributed by atoms with Crippen molar-refractivity contribution < 1.29 is 5.11 Å². The lowest BCUT2D eigenvalue weighted by molar-refractivity contribution is 0.0776. The summed E-state index contributed by atoms with van der Waals surface area (Å²) < 4.78 is 0. The number of hydrogen-bond acceptors (Lipinski definition) is 3. The van der Waals surface area contributed by atoms with Gasteiger partial charge in [0.25, 0.3) is 0 Å². The molecule has 1 atom stereocenters. The fourth-order valence-corrected chi connectivity index (χ4v) is 3.70. The predicted molar refractivity (Wildman–Crippen MR) is 71.0 cm³/mol. The number of piperidine rings is 1. The van der Waals surface area contributed by atoms with E-state index in [1.54, 1.807) is 0 Å². The summed E-state index contributed by atoms with van der Waals surface area (Å²) in [5, 5.41) is 13.2. The highest BCUT2D eigenvalue weighted by Gasteiger charge is 2.32. The molecule has 2 fully saturated rings. The molecular formula is C14H28N2O. The topological polar surface area (TPSA) is 35.5 Å². The van der Waals surface area contributed by atoms with Gasteiger partial charge in [-0.2, -0.15) is 0 Å². The van der Waals surface area contributed by atoms with E-state index in [1.165, 1.54) is 38.8 Å². The van der Waals surface area contributed by atoms with E-state index < -0.39 is 0 Å². The van der Waals surface area contributed by atoms with Crippen LogP contribution in [0, 0.1) is 11.8 Å². The van der Waals surface area contributed by atoms with Crippen molar-refractivity contribution in [1.82, 2.24) is 10.2 Å². The molecule has 17 heavy (non-hydrogen) atoms. The van der Waals surface area contributed by atoms with Crippen LogP contribution >= 0.6 is 0 Å². The van der Waals surface area contributed by atoms with Crippen molar-refractivity contribution in [2.24, 2.45) is 11.8 Å². The summed E-state index contributed by atoms with van der Waals surface area (Å²) in [5.41, 5.74) is 0. The second-order valence-corrected chi connectivity index (χ2v) is 6.02. The maximum atomic E-state index is 9.60. The number of aliphatic hydroxyl groups is 1. The van der Waals surface area contributed by atoms with E-state index in [-0.39, 0.29) is 6.10 Å². The second kappa shape index (κ2) is 6.17. The van der Waals surface area contributed by atoms with Crippen molar-refractivity contribution in [2.75, 3.05) is 27.2 Å². The maximum absolute atomic E-state index is 9.60. The largest absolute Gasteiger partial charge is 0.393 e. The molecule has 1 unspecified atom stereocenters. The number of nitrogens with one attached hydrogen (secondary N) is 1. The Kier molecular flexibility index (Phi) is 4.83. The SMILES string of the molecule is CNC(C1CCC(O)CC1)C1CCN(C)CC1. The van der Waals surface area contributed by atoms with E-state index in [0.717, 1.165) is 24.7 Å². The van der Waals surface area contributed by atoms with Crippen molar-refractivity contribution in [3.63, 3.8) is 0 Å². The highest BCUT2D eigenvalue weighted by Crippen LogP contribution is 2.33.